The first-order valence-corrected chi connectivity index (χ1v) is 6.80. The molecule has 2 rings (SSSR count). The number of nitrogens with one attached hydrogen (secondary N) is 1. The van der Waals surface area contributed by atoms with Crippen LogP contribution in [0.5, 0.6) is 5.75 Å². The van der Waals surface area contributed by atoms with Crippen LogP contribution in [0.4, 0.5) is 0 Å². The highest BCUT2D eigenvalue weighted by atomic mass is 16.3. The van der Waals surface area contributed by atoms with Gasteiger partial charge in [0.2, 0.25) is 0 Å². The van der Waals surface area contributed by atoms with E-state index in [1.807, 2.05) is 0 Å². The standard InChI is InChI=1S/C15H19N3O2/c1-11-13(3-2-4-14(11)19)15(20)17-12-5-8-18(9-6-12)10-7-16/h2-4,12,19H,5-6,8-10H2,1H3,(H,17,20). The van der Waals surface area contributed by atoms with Crippen LogP contribution in [0.2, 0.25) is 0 Å². The number of phenolic OH excluding ortho intramolecular Hbond substituents is 1. The van der Waals surface area contributed by atoms with Crippen LogP contribution >= 0.6 is 0 Å². The van der Waals surface area contributed by atoms with Gasteiger partial charge in [-0.2, -0.15) is 5.26 Å². The fourth-order valence-electron chi connectivity index (χ4n) is 2.47. The summed E-state index contributed by atoms with van der Waals surface area (Å²) in [5.74, 6) is -0.00128. The summed E-state index contributed by atoms with van der Waals surface area (Å²) < 4.78 is 0. The molecule has 0 aliphatic carbocycles. The van der Waals surface area contributed by atoms with Gasteiger partial charge in [-0.25, -0.2) is 0 Å². The van der Waals surface area contributed by atoms with Gasteiger partial charge in [0.1, 0.15) is 5.75 Å². The van der Waals surface area contributed by atoms with Crippen LogP contribution in [0.1, 0.15) is 28.8 Å². The molecule has 20 heavy (non-hydrogen) atoms. The Hall–Kier alpha value is -2.06. The number of nitriles is 1. The molecule has 5 heteroatoms. The maximum atomic E-state index is 12.2. The number of amides is 1. The van der Waals surface area contributed by atoms with Crippen molar-refractivity contribution in [1.82, 2.24) is 10.2 Å². The molecule has 2 N–H and O–H groups in total. The van der Waals surface area contributed by atoms with Crippen LogP contribution in [-0.4, -0.2) is 41.6 Å². The highest BCUT2D eigenvalue weighted by Gasteiger charge is 2.21. The second kappa shape index (κ2) is 6.40. The third-order valence-electron chi connectivity index (χ3n) is 3.77. The normalized spacial score (nSPS) is 16.6. The van der Waals surface area contributed by atoms with Crippen molar-refractivity contribution in [2.75, 3.05) is 19.6 Å². The van der Waals surface area contributed by atoms with Gasteiger partial charge in [-0.3, -0.25) is 9.69 Å². The van der Waals surface area contributed by atoms with Crippen LogP contribution in [0, 0.1) is 18.3 Å². The fourth-order valence-corrected chi connectivity index (χ4v) is 2.47. The predicted molar refractivity (Wildman–Crippen MR) is 75.4 cm³/mol. The summed E-state index contributed by atoms with van der Waals surface area (Å²) in [4.78, 5) is 14.3. The van der Waals surface area contributed by atoms with Crippen LogP contribution in [-0.2, 0) is 0 Å². The smallest absolute Gasteiger partial charge is 0.251 e. The van der Waals surface area contributed by atoms with Gasteiger partial charge in [-0.15, -0.1) is 0 Å². The maximum absolute atomic E-state index is 12.2. The third kappa shape index (κ3) is 3.28. The summed E-state index contributed by atoms with van der Waals surface area (Å²) in [7, 11) is 0. The predicted octanol–water partition coefficient (Wildman–Crippen LogP) is 1.42. The lowest BCUT2D eigenvalue weighted by Crippen LogP contribution is -2.44. The van der Waals surface area contributed by atoms with Crippen molar-refractivity contribution in [3.63, 3.8) is 0 Å². The number of rotatable bonds is 3. The van der Waals surface area contributed by atoms with Crippen molar-refractivity contribution < 1.29 is 9.90 Å². The number of carbonyl (C=O) groups excluding carboxylic acids is 1. The van der Waals surface area contributed by atoms with Crippen LogP contribution in [0.25, 0.3) is 0 Å². The molecule has 1 heterocycles. The lowest BCUT2D eigenvalue weighted by atomic mass is 10.0. The molecule has 1 saturated heterocycles. The Morgan fingerprint density at radius 3 is 2.85 bits per heavy atom. The first kappa shape index (κ1) is 14.4. The van der Waals surface area contributed by atoms with Gasteiger partial charge >= 0.3 is 0 Å². The topological polar surface area (TPSA) is 76.4 Å². The molecule has 0 radical (unpaired) electrons. The van der Waals surface area contributed by atoms with E-state index in [0.717, 1.165) is 25.9 Å². The van der Waals surface area contributed by atoms with E-state index >= 15 is 0 Å². The van der Waals surface area contributed by atoms with Gasteiger partial charge < -0.3 is 10.4 Å². The van der Waals surface area contributed by atoms with Gasteiger partial charge in [-0.05, 0) is 31.9 Å². The number of carbonyl (C=O) groups is 1. The Kier molecular flexibility index (Phi) is 4.59. The van der Waals surface area contributed by atoms with Crippen molar-refractivity contribution >= 4 is 5.91 Å². The van der Waals surface area contributed by atoms with Gasteiger partial charge in [0.05, 0.1) is 12.6 Å². The van der Waals surface area contributed by atoms with Crippen molar-refractivity contribution in [2.24, 2.45) is 0 Å². The maximum Gasteiger partial charge on any atom is 0.251 e. The largest absolute Gasteiger partial charge is 0.508 e. The molecular weight excluding hydrogens is 254 g/mol. The Morgan fingerprint density at radius 1 is 1.50 bits per heavy atom. The lowest BCUT2D eigenvalue weighted by Gasteiger charge is -2.30. The van der Waals surface area contributed by atoms with E-state index in [1.165, 1.54) is 0 Å². The van der Waals surface area contributed by atoms with Crippen LogP contribution in [0.3, 0.4) is 0 Å². The molecular formula is C15H19N3O2. The number of likely N-dealkylation sites (tertiary alicyclic amines) is 1. The number of piperidine rings is 1. The van der Waals surface area contributed by atoms with E-state index in [4.69, 9.17) is 5.26 Å². The van der Waals surface area contributed by atoms with E-state index in [0.29, 0.717) is 17.7 Å². The zero-order valence-electron chi connectivity index (χ0n) is 11.6. The van der Waals surface area contributed by atoms with E-state index in [9.17, 15) is 9.90 Å². The summed E-state index contributed by atoms with van der Waals surface area (Å²) in [6.07, 6.45) is 1.70. The minimum Gasteiger partial charge on any atom is -0.508 e. The van der Waals surface area contributed by atoms with Crippen LogP contribution < -0.4 is 5.32 Å². The summed E-state index contributed by atoms with van der Waals surface area (Å²) in [5.41, 5.74) is 1.12. The zero-order chi connectivity index (χ0) is 14.5. The fraction of sp³-hybridized carbons (Fsp3) is 0.467. The molecule has 0 saturated carbocycles. The van der Waals surface area contributed by atoms with Crippen molar-refractivity contribution in [2.45, 2.75) is 25.8 Å². The molecule has 1 aromatic rings. The Bertz CT molecular complexity index is 528. The third-order valence-corrected chi connectivity index (χ3v) is 3.77. The minimum absolute atomic E-state index is 0.138. The molecule has 0 aromatic heterocycles. The van der Waals surface area contributed by atoms with E-state index in [-0.39, 0.29) is 17.7 Å². The molecule has 0 atom stereocenters. The number of nitrogens with zero attached hydrogens (tertiary/aromatic N) is 2. The van der Waals surface area contributed by atoms with Crippen LogP contribution in [0.15, 0.2) is 18.2 Å². The minimum atomic E-state index is -0.142. The first-order valence-electron chi connectivity index (χ1n) is 6.80. The Labute approximate surface area is 118 Å². The molecule has 0 bridgehead atoms. The summed E-state index contributed by atoms with van der Waals surface area (Å²) in [6.45, 7) is 3.85. The average Bonchev–Trinajstić information content (AvgIpc) is 2.44. The van der Waals surface area contributed by atoms with Crippen molar-refractivity contribution in [3.05, 3.63) is 29.3 Å². The first-order chi connectivity index (χ1) is 9.61. The Balaban J connectivity index is 1.93. The van der Waals surface area contributed by atoms with E-state index < -0.39 is 0 Å². The highest BCUT2D eigenvalue weighted by molar-refractivity contribution is 5.96. The zero-order valence-corrected chi connectivity index (χ0v) is 11.6. The molecule has 1 fully saturated rings. The van der Waals surface area contributed by atoms with Gasteiger partial charge in [0, 0.05) is 30.3 Å². The van der Waals surface area contributed by atoms with Gasteiger partial charge in [0.25, 0.3) is 5.91 Å². The summed E-state index contributed by atoms with van der Waals surface area (Å²) in [6, 6.07) is 7.25. The van der Waals surface area contributed by atoms with E-state index in [2.05, 4.69) is 16.3 Å². The molecule has 106 valence electrons. The highest BCUT2D eigenvalue weighted by Crippen LogP contribution is 2.20. The molecule has 0 spiro atoms. The summed E-state index contributed by atoms with van der Waals surface area (Å²) in [5, 5.41) is 21.3. The monoisotopic (exact) mass is 273 g/mol. The second-order valence-corrected chi connectivity index (χ2v) is 5.13. The van der Waals surface area contributed by atoms with Crippen molar-refractivity contribution in [1.29, 1.82) is 5.26 Å². The summed E-state index contributed by atoms with van der Waals surface area (Å²) >= 11 is 0. The SMILES string of the molecule is Cc1c(O)cccc1C(=O)NC1CCN(CC#N)CC1. The molecule has 1 aromatic carbocycles. The molecule has 0 unspecified atom stereocenters. The van der Waals surface area contributed by atoms with E-state index in [1.54, 1.807) is 25.1 Å². The molecule has 1 aliphatic heterocycles. The molecule has 1 amide bonds. The molecule has 1 aliphatic rings. The Morgan fingerprint density at radius 2 is 2.20 bits per heavy atom. The number of aromatic hydroxyl groups is 1. The van der Waals surface area contributed by atoms with Gasteiger partial charge in [0.15, 0.2) is 0 Å². The van der Waals surface area contributed by atoms with Gasteiger partial charge in [-0.1, -0.05) is 6.07 Å². The number of hydrogen-bond acceptors (Lipinski definition) is 4. The average molecular weight is 273 g/mol. The molecule has 5 nitrogen and oxygen atoms in total. The number of phenols is 1. The lowest BCUT2D eigenvalue weighted by molar-refractivity contribution is 0.0913. The quantitative estimate of drug-likeness (QED) is 0.817. The number of hydrogen-bond donors (Lipinski definition) is 2. The number of benzene rings is 1. The second-order valence-electron chi connectivity index (χ2n) is 5.13. The van der Waals surface area contributed by atoms with Crippen molar-refractivity contribution in [3.8, 4) is 11.8 Å².